The number of halogens is 2. The quantitative estimate of drug-likeness (QED) is 0.762. The van der Waals surface area contributed by atoms with E-state index in [2.05, 4.69) is 20.7 Å². The lowest BCUT2D eigenvalue weighted by Gasteiger charge is -2.24. The summed E-state index contributed by atoms with van der Waals surface area (Å²) in [5.41, 5.74) is 0.379. The van der Waals surface area contributed by atoms with E-state index >= 15 is 0 Å². The highest BCUT2D eigenvalue weighted by Gasteiger charge is 2.35. The highest BCUT2D eigenvalue weighted by molar-refractivity contribution is 9.10. The van der Waals surface area contributed by atoms with E-state index in [1.807, 2.05) is 0 Å². The minimum atomic E-state index is -3.86. The van der Waals surface area contributed by atoms with Crippen molar-refractivity contribution < 1.29 is 22.3 Å². The third-order valence-electron chi connectivity index (χ3n) is 3.45. The van der Waals surface area contributed by atoms with E-state index in [4.69, 9.17) is 4.74 Å². The van der Waals surface area contributed by atoms with E-state index in [1.165, 1.54) is 12.1 Å². The second kappa shape index (κ2) is 7.44. The molecule has 0 fully saturated rings. The van der Waals surface area contributed by atoms with Crippen LogP contribution < -0.4 is 4.72 Å². The van der Waals surface area contributed by atoms with E-state index < -0.39 is 27.1 Å². The molecule has 0 radical (unpaired) electrons. The molecule has 1 aliphatic rings. The van der Waals surface area contributed by atoms with Gasteiger partial charge in [0.15, 0.2) is 0 Å². The van der Waals surface area contributed by atoms with Gasteiger partial charge in [0.25, 0.3) is 0 Å². The van der Waals surface area contributed by atoms with Crippen LogP contribution in [0.4, 0.5) is 10.1 Å². The third kappa shape index (κ3) is 4.32. The average Bonchev–Trinajstić information content (AvgIpc) is 2.50. The third-order valence-corrected chi connectivity index (χ3v) is 5.85. The molecule has 0 amide bonds. The average molecular weight is 406 g/mol. The van der Waals surface area contributed by atoms with E-state index in [0.29, 0.717) is 23.7 Å². The monoisotopic (exact) mass is 405 g/mol. The van der Waals surface area contributed by atoms with Crippen LogP contribution in [0.1, 0.15) is 26.2 Å². The first-order valence-corrected chi connectivity index (χ1v) is 9.53. The van der Waals surface area contributed by atoms with Gasteiger partial charge in [-0.25, -0.2) is 17.6 Å². The lowest BCUT2D eigenvalue weighted by atomic mass is 9.99. The minimum absolute atomic E-state index is 0.156. The summed E-state index contributed by atoms with van der Waals surface area (Å²) in [5.74, 6) is -1.09. The summed E-state index contributed by atoms with van der Waals surface area (Å²) in [7, 11) is -3.86. The molecule has 126 valence electrons. The van der Waals surface area contributed by atoms with Gasteiger partial charge in [0.05, 0.1) is 17.9 Å². The summed E-state index contributed by atoms with van der Waals surface area (Å²) in [6.45, 7) is 1.85. The van der Waals surface area contributed by atoms with Crippen molar-refractivity contribution in [1.29, 1.82) is 0 Å². The van der Waals surface area contributed by atoms with Gasteiger partial charge in [0.1, 0.15) is 11.1 Å². The summed E-state index contributed by atoms with van der Waals surface area (Å²) in [6.07, 6.45) is 3.25. The van der Waals surface area contributed by atoms with Crippen LogP contribution in [0, 0.1) is 5.82 Å². The zero-order valence-electron chi connectivity index (χ0n) is 12.5. The number of carbonyl (C=O) groups excluding carboxylic acids is 1. The topological polar surface area (TPSA) is 72.5 Å². The molecule has 0 heterocycles. The molecule has 5 nitrogen and oxygen atoms in total. The fraction of sp³-hybridized carbons (Fsp3) is 0.400. The van der Waals surface area contributed by atoms with Gasteiger partial charge in [-0.1, -0.05) is 6.08 Å². The molecule has 0 spiro atoms. The van der Waals surface area contributed by atoms with E-state index in [9.17, 15) is 17.6 Å². The van der Waals surface area contributed by atoms with Gasteiger partial charge >= 0.3 is 5.97 Å². The van der Waals surface area contributed by atoms with Crippen LogP contribution in [0.25, 0.3) is 0 Å². The van der Waals surface area contributed by atoms with Crippen molar-refractivity contribution in [1.82, 2.24) is 0 Å². The maximum absolute atomic E-state index is 13.1. The fourth-order valence-electron chi connectivity index (χ4n) is 2.40. The molecule has 8 heteroatoms. The summed E-state index contributed by atoms with van der Waals surface area (Å²) in [4.78, 5) is 12.0. The largest absolute Gasteiger partial charge is 0.463 e. The number of rotatable bonds is 5. The fourth-order valence-corrected chi connectivity index (χ4v) is 4.61. The van der Waals surface area contributed by atoms with E-state index in [-0.39, 0.29) is 17.9 Å². The second-order valence-corrected chi connectivity index (χ2v) is 7.79. The molecular weight excluding hydrogens is 389 g/mol. The first-order valence-electron chi connectivity index (χ1n) is 7.19. The molecule has 2 rings (SSSR count). The Morgan fingerprint density at radius 2 is 2.22 bits per heavy atom. The van der Waals surface area contributed by atoms with Crippen molar-refractivity contribution in [2.45, 2.75) is 31.4 Å². The van der Waals surface area contributed by atoms with Crippen LogP contribution in [-0.2, 0) is 19.6 Å². The maximum Gasteiger partial charge on any atom is 0.335 e. The summed E-state index contributed by atoms with van der Waals surface area (Å²) < 4.78 is 46.0. The molecular formula is C15H17BrFNO4S. The Morgan fingerprint density at radius 3 is 2.87 bits per heavy atom. The predicted octanol–water partition coefficient (Wildman–Crippen LogP) is 3.37. The molecule has 0 bridgehead atoms. The van der Waals surface area contributed by atoms with Gasteiger partial charge in [-0.2, -0.15) is 0 Å². The Balaban J connectivity index is 2.28. The number of benzene rings is 1. The van der Waals surface area contributed by atoms with Crippen LogP contribution >= 0.6 is 15.9 Å². The van der Waals surface area contributed by atoms with Crippen LogP contribution in [0.15, 0.2) is 34.3 Å². The van der Waals surface area contributed by atoms with Crippen molar-refractivity contribution in [2.24, 2.45) is 0 Å². The van der Waals surface area contributed by atoms with Gasteiger partial charge in [-0.05, 0) is 60.3 Å². The SMILES string of the molecule is CCOC(=O)C1=CCCCC1S(=O)(=O)Nc1ccc(F)cc1Br. The number of anilines is 1. The predicted molar refractivity (Wildman–Crippen MR) is 89.0 cm³/mol. The van der Waals surface area contributed by atoms with Crippen LogP contribution in [0.3, 0.4) is 0 Å². The van der Waals surface area contributed by atoms with Crippen LogP contribution in [-0.4, -0.2) is 26.2 Å². The summed E-state index contributed by atoms with van der Waals surface area (Å²) in [5, 5.41) is -0.979. The molecule has 1 aliphatic carbocycles. The van der Waals surface area contributed by atoms with Gasteiger partial charge < -0.3 is 4.74 Å². The zero-order valence-corrected chi connectivity index (χ0v) is 14.9. The molecule has 0 aliphatic heterocycles. The lowest BCUT2D eigenvalue weighted by molar-refractivity contribution is -0.138. The Labute approximate surface area is 143 Å². The summed E-state index contributed by atoms with van der Waals surface area (Å²) >= 11 is 3.12. The van der Waals surface area contributed by atoms with Crippen LogP contribution in [0.2, 0.25) is 0 Å². The lowest BCUT2D eigenvalue weighted by Crippen LogP contribution is -2.34. The molecule has 0 saturated carbocycles. The zero-order chi connectivity index (χ0) is 17.0. The Hall–Kier alpha value is -1.41. The number of ether oxygens (including phenoxy) is 1. The first-order chi connectivity index (χ1) is 10.8. The smallest absolute Gasteiger partial charge is 0.335 e. The highest BCUT2D eigenvalue weighted by atomic mass is 79.9. The van der Waals surface area contributed by atoms with Crippen molar-refractivity contribution in [3.05, 3.63) is 40.1 Å². The van der Waals surface area contributed by atoms with Gasteiger partial charge in [-0.3, -0.25) is 4.72 Å². The maximum atomic E-state index is 13.1. The normalized spacial score (nSPS) is 18.2. The van der Waals surface area contributed by atoms with E-state index in [0.717, 1.165) is 6.07 Å². The minimum Gasteiger partial charge on any atom is -0.463 e. The van der Waals surface area contributed by atoms with Gasteiger partial charge in [0, 0.05) is 4.47 Å². The molecule has 0 aromatic heterocycles. The summed E-state index contributed by atoms with van der Waals surface area (Å²) in [6, 6.07) is 3.65. The number of esters is 1. The van der Waals surface area contributed by atoms with Crippen molar-refractivity contribution in [2.75, 3.05) is 11.3 Å². The number of allylic oxidation sites excluding steroid dienone is 1. The molecule has 1 atom stereocenters. The second-order valence-electron chi connectivity index (χ2n) is 5.07. The van der Waals surface area contributed by atoms with E-state index in [1.54, 1.807) is 13.0 Å². The standard InChI is InChI=1S/C15H17BrFNO4S/c1-2-22-15(19)11-5-3-4-6-14(11)23(20,21)18-13-8-7-10(17)9-12(13)16/h5,7-9,14,18H,2-4,6H2,1H3. The Morgan fingerprint density at radius 1 is 1.48 bits per heavy atom. The van der Waals surface area contributed by atoms with Crippen molar-refractivity contribution >= 4 is 37.6 Å². The Kier molecular flexibility index (Phi) is 5.80. The molecule has 1 aromatic rings. The number of nitrogens with one attached hydrogen (secondary N) is 1. The number of hydrogen-bond acceptors (Lipinski definition) is 4. The number of carbonyl (C=O) groups is 1. The number of hydrogen-bond donors (Lipinski definition) is 1. The molecule has 1 N–H and O–H groups in total. The molecule has 23 heavy (non-hydrogen) atoms. The van der Waals surface area contributed by atoms with Crippen LogP contribution in [0.5, 0.6) is 0 Å². The first kappa shape index (κ1) is 17.9. The Bertz CT molecular complexity index is 733. The van der Waals surface area contributed by atoms with Crippen molar-refractivity contribution in [3.8, 4) is 0 Å². The van der Waals surface area contributed by atoms with Gasteiger partial charge in [-0.15, -0.1) is 0 Å². The van der Waals surface area contributed by atoms with Gasteiger partial charge in [0.2, 0.25) is 10.0 Å². The number of sulfonamides is 1. The molecule has 0 saturated heterocycles. The molecule has 1 unspecified atom stereocenters. The van der Waals surface area contributed by atoms with Crippen molar-refractivity contribution in [3.63, 3.8) is 0 Å². The highest BCUT2D eigenvalue weighted by Crippen LogP contribution is 2.30. The molecule has 1 aromatic carbocycles.